The van der Waals surface area contributed by atoms with Gasteiger partial charge in [-0.15, -0.1) is 13.2 Å². The van der Waals surface area contributed by atoms with Crippen LogP contribution >= 0.6 is 0 Å². The molecule has 0 amide bonds. The molecule has 1 atom stereocenters. The molecule has 28 heavy (non-hydrogen) atoms. The fourth-order valence-corrected chi connectivity index (χ4v) is 3.55. The normalized spacial score (nSPS) is 11.7. The van der Waals surface area contributed by atoms with Crippen molar-refractivity contribution in [2.24, 2.45) is 0 Å². The number of nitrogens with one attached hydrogen (secondary N) is 1. The Balaban J connectivity index is 3.28. The summed E-state index contributed by atoms with van der Waals surface area (Å²) in [6.45, 7) is 11.5. The first-order valence-corrected chi connectivity index (χ1v) is 11.9. The quantitative estimate of drug-likeness (QED) is 0.109. The molecule has 1 unspecified atom stereocenters. The van der Waals surface area contributed by atoms with Crippen molar-refractivity contribution < 1.29 is 4.79 Å². The Labute approximate surface area is 176 Å². The second-order valence-electron chi connectivity index (χ2n) is 8.13. The van der Waals surface area contributed by atoms with E-state index < -0.39 is 0 Å². The highest BCUT2D eigenvalue weighted by molar-refractivity contribution is 5.58. The predicted octanol–water partition coefficient (Wildman–Crippen LogP) is 8.05. The van der Waals surface area contributed by atoms with Gasteiger partial charge < -0.3 is 10.1 Å². The summed E-state index contributed by atoms with van der Waals surface area (Å²) in [5, 5.41) is 3.24. The maximum absolute atomic E-state index is 11.0. The minimum atomic E-state index is -0.109. The number of rotatable bonds is 23. The molecule has 0 aliphatic heterocycles. The molecule has 0 spiro atoms. The van der Waals surface area contributed by atoms with E-state index in [1.54, 1.807) is 0 Å². The predicted molar refractivity (Wildman–Crippen MR) is 126 cm³/mol. The van der Waals surface area contributed by atoms with Gasteiger partial charge in [0.25, 0.3) is 0 Å². The zero-order valence-corrected chi connectivity index (χ0v) is 18.6. The van der Waals surface area contributed by atoms with Crippen molar-refractivity contribution in [1.29, 1.82) is 0 Å². The smallest absolute Gasteiger partial charge is 0.142 e. The van der Waals surface area contributed by atoms with E-state index in [2.05, 4.69) is 25.1 Å². The lowest BCUT2D eigenvalue weighted by Gasteiger charge is -2.15. The molecule has 2 nitrogen and oxygen atoms in total. The molecule has 162 valence electrons. The van der Waals surface area contributed by atoms with Crippen molar-refractivity contribution in [2.75, 3.05) is 0 Å². The molecule has 0 saturated carbocycles. The summed E-state index contributed by atoms with van der Waals surface area (Å²) in [5.41, 5.74) is 1.00. The van der Waals surface area contributed by atoms with Gasteiger partial charge in [0.2, 0.25) is 0 Å². The Kier molecular flexibility index (Phi) is 21.0. The Morgan fingerprint density at radius 1 is 0.679 bits per heavy atom. The SMILES string of the molecule is C=CCCCCCCCCCCCCCCCCC(=C)NC(C=O)CCC=C. The van der Waals surface area contributed by atoms with E-state index in [4.69, 9.17) is 0 Å². The first-order valence-electron chi connectivity index (χ1n) is 11.9. The van der Waals surface area contributed by atoms with E-state index in [1.807, 2.05) is 12.2 Å². The average molecular weight is 390 g/mol. The number of aldehydes is 1. The Morgan fingerprint density at radius 3 is 1.54 bits per heavy atom. The van der Waals surface area contributed by atoms with Gasteiger partial charge in [0.1, 0.15) is 6.29 Å². The van der Waals surface area contributed by atoms with Crippen LogP contribution in [-0.4, -0.2) is 12.3 Å². The van der Waals surface area contributed by atoms with Gasteiger partial charge in [-0.2, -0.15) is 0 Å². The van der Waals surface area contributed by atoms with E-state index >= 15 is 0 Å². The highest BCUT2D eigenvalue weighted by atomic mass is 16.1. The van der Waals surface area contributed by atoms with Crippen LogP contribution in [-0.2, 0) is 4.79 Å². The van der Waals surface area contributed by atoms with Crippen LogP contribution < -0.4 is 5.32 Å². The average Bonchev–Trinajstić information content (AvgIpc) is 2.70. The van der Waals surface area contributed by atoms with Crippen LogP contribution in [0.1, 0.15) is 116 Å². The zero-order chi connectivity index (χ0) is 20.7. The van der Waals surface area contributed by atoms with Crippen LogP contribution in [0, 0.1) is 0 Å². The molecule has 1 N–H and O–H groups in total. The third-order valence-electron chi connectivity index (χ3n) is 5.37. The van der Waals surface area contributed by atoms with Crippen LogP contribution in [0.5, 0.6) is 0 Å². The molecule has 0 saturated heterocycles. The largest absolute Gasteiger partial charge is 0.379 e. The van der Waals surface area contributed by atoms with Crippen LogP contribution in [0.2, 0.25) is 0 Å². The summed E-state index contributed by atoms with van der Waals surface area (Å²) in [7, 11) is 0. The molecule has 0 aliphatic rings. The third-order valence-corrected chi connectivity index (χ3v) is 5.37. The van der Waals surface area contributed by atoms with Crippen LogP contribution in [0.3, 0.4) is 0 Å². The lowest BCUT2D eigenvalue weighted by atomic mass is 10.0. The molecule has 0 heterocycles. The van der Waals surface area contributed by atoms with E-state index in [0.717, 1.165) is 31.2 Å². The highest BCUT2D eigenvalue weighted by Gasteiger charge is 2.06. The fraction of sp³-hybridized carbons (Fsp3) is 0.731. The van der Waals surface area contributed by atoms with Crippen molar-refractivity contribution in [3.05, 3.63) is 37.6 Å². The van der Waals surface area contributed by atoms with Crippen molar-refractivity contribution in [1.82, 2.24) is 5.32 Å². The molecule has 0 aromatic carbocycles. The fourth-order valence-electron chi connectivity index (χ4n) is 3.55. The first-order chi connectivity index (χ1) is 13.7. The van der Waals surface area contributed by atoms with Crippen molar-refractivity contribution >= 4 is 6.29 Å². The van der Waals surface area contributed by atoms with Crippen LogP contribution in [0.15, 0.2) is 37.6 Å². The number of unbranched alkanes of at least 4 members (excludes halogenated alkanes) is 14. The molecule has 0 fully saturated rings. The number of hydrogen-bond acceptors (Lipinski definition) is 2. The molecule has 0 rings (SSSR count). The van der Waals surface area contributed by atoms with E-state index in [-0.39, 0.29) is 6.04 Å². The summed E-state index contributed by atoms with van der Waals surface area (Å²) in [6.07, 6.45) is 27.8. The molecule has 2 heteroatoms. The number of allylic oxidation sites excluding steroid dienone is 3. The standard InChI is InChI=1S/C26H47NO/c1-4-6-8-9-10-11-12-13-14-15-16-17-18-19-20-21-22-25(3)27-26(24-28)23-7-5-2/h4-5,24,26-27H,1-3,6-23H2. The van der Waals surface area contributed by atoms with Crippen molar-refractivity contribution in [3.8, 4) is 0 Å². The first kappa shape index (κ1) is 26.7. The van der Waals surface area contributed by atoms with E-state index in [1.165, 1.54) is 96.3 Å². The summed E-state index contributed by atoms with van der Waals surface area (Å²) in [4.78, 5) is 11.0. The maximum atomic E-state index is 11.0. The van der Waals surface area contributed by atoms with Crippen molar-refractivity contribution in [2.45, 2.75) is 122 Å². The summed E-state index contributed by atoms with van der Waals surface area (Å²) < 4.78 is 0. The van der Waals surface area contributed by atoms with E-state index in [9.17, 15) is 4.79 Å². The topological polar surface area (TPSA) is 29.1 Å². The summed E-state index contributed by atoms with van der Waals surface area (Å²) >= 11 is 0. The monoisotopic (exact) mass is 389 g/mol. The minimum Gasteiger partial charge on any atom is -0.379 e. The second kappa shape index (κ2) is 22.0. The van der Waals surface area contributed by atoms with Crippen molar-refractivity contribution in [3.63, 3.8) is 0 Å². The third kappa shape index (κ3) is 19.5. The van der Waals surface area contributed by atoms with Crippen LogP contribution in [0.25, 0.3) is 0 Å². The van der Waals surface area contributed by atoms with Gasteiger partial charge in [-0.05, 0) is 38.5 Å². The lowest BCUT2D eigenvalue weighted by Crippen LogP contribution is -2.29. The van der Waals surface area contributed by atoms with Gasteiger partial charge in [-0.3, -0.25) is 0 Å². The van der Waals surface area contributed by atoms with Crippen LogP contribution in [0.4, 0.5) is 0 Å². The number of carbonyl (C=O) groups is 1. The Hall–Kier alpha value is -1.31. The maximum Gasteiger partial charge on any atom is 0.142 e. The van der Waals surface area contributed by atoms with Gasteiger partial charge in [-0.1, -0.05) is 95.8 Å². The molecule has 0 aliphatic carbocycles. The molecule has 0 bridgehead atoms. The Bertz CT molecular complexity index is 388. The summed E-state index contributed by atoms with van der Waals surface area (Å²) in [5.74, 6) is 0. The second-order valence-corrected chi connectivity index (χ2v) is 8.13. The molecular formula is C26H47NO. The molecule has 0 radical (unpaired) electrons. The minimum absolute atomic E-state index is 0.109. The summed E-state index contributed by atoms with van der Waals surface area (Å²) in [6, 6.07) is -0.109. The lowest BCUT2D eigenvalue weighted by molar-refractivity contribution is -0.109. The number of hydrogen-bond donors (Lipinski definition) is 1. The molecule has 0 aromatic heterocycles. The molecule has 0 aromatic rings. The van der Waals surface area contributed by atoms with E-state index in [0.29, 0.717) is 0 Å². The number of carbonyl (C=O) groups excluding carboxylic acids is 1. The van der Waals surface area contributed by atoms with Gasteiger partial charge in [0.15, 0.2) is 0 Å². The van der Waals surface area contributed by atoms with Gasteiger partial charge in [-0.25, -0.2) is 0 Å². The Morgan fingerprint density at radius 2 is 1.11 bits per heavy atom. The zero-order valence-electron chi connectivity index (χ0n) is 18.6. The highest BCUT2D eigenvalue weighted by Crippen LogP contribution is 2.14. The van der Waals surface area contributed by atoms with Gasteiger partial charge in [0, 0.05) is 5.70 Å². The molecular weight excluding hydrogens is 342 g/mol. The van der Waals surface area contributed by atoms with Gasteiger partial charge in [0.05, 0.1) is 6.04 Å². The van der Waals surface area contributed by atoms with Gasteiger partial charge >= 0.3 is 0 Å².